The molecule has 0 atom stereocenters. The van der Waals surface area contributed by atoms with Crippen LogP contribution < -0.4 is 5.32 Å². The molecule has 5 heteroatoms. The Morgan fingerprint density at radius 3 is 2.40 bits per heavy atom. The molecule has 0 saturated carbocycles. The largest absolute Gasteiger partial charge is 0.349 e. The second-order valence-electron chi connectivity index (χ2n) is 6.61. The lowest BCUT2D eigenvalue weighted by Gasteiger charge is -2.32. The van der Waals surface area contributed by atoms with Crippen LogP contribution in [0.2, 0.25) is 10.0 Å². The summed E-state index contributed by atoms with van der Waals surface area (Å²) < 4.78 is 0. The molecule has 0 spiro atoms. The number of nitrogens with zero attached hydrogens (tertiary/aromatic N) is 1. The molecule has 3 nitrogen and oxygen atoms in total. The minimum atomic E-state index is -0.109. The summed E-state index contributed by atoms with van der Waals surface area (Å²) in [5, 5.41) is 4.06. The van der Waals surface area contributed by atoms with Gasteiger partial charge in [-0.1, -0.05) is 47.5 Å². The van der Waals surface area contributed by atoms with Crippen molar-refractivity contribution in [2.24, 2.45) is 0 Å². The molecule has 0 unspecified atom stereocenters. The maximum absolute atomic E-state index is 12.4. The molecule has 1 aliphatic heterocycles. The number of aryl methyl sites for hydroxylation is 1. The van der Waals surface area contributed by atoms with Gasteiger partial charge in [-0.15, -0.1) is 0 Å². The third-order valence-electron chi connectivity index (χ3n) is 4.70. The van der Waals surface area contributed by atoms with Gasteiger partial charge in [0.1, 0.15) is 0 Å². The molecule has 1 amide bonds. The van der Waals surface area contributed by atoms with E-state index in [1.165, 1.54) is 11.1 Å². The van der Waals surface area contributed by atoms with Crippen molar-refractivity contribution in [1.82, 2.24) is 10.2 Å². The number of likely N-dealkylation sites (tertiary alicyclic amines) is 1. The number of halogens is 2. The molecule has 0 bridgehead atoms. The molecular weight excluding hydrogens is 355 g/mol. The number of rotatable bonds is 4. The normalized spacial score (nSPS) is 16.0. The summed E-state index contributed by atoms with van der Waals surface area (Å²) in [5.41, 5.74) is 3.22. The van der Waals surface area contributed by atoms with Crippen LogP contribution in [0.25, 0.3) is 0 Å². The van der Waals surface area contributed by atoms with Gasteiger partial charge in [-0.05, 0) is 49.1 Å². The summed E-state index contributed by atoms with van der Waals surface area (Å²) in [6.45, 7) is 5.08. The highest BCUT2D eigenvalue weighted by Crippen LogP contribution is 2.20. The number of benzene rings is 2. The van der Waals surface area contributed by atoms with E-state index in [9.17, 15) is 4.79 Å². The van der Waals surface area contributed by atoms with E-state index < -0.39 is 0 Å². The zero-order chi connectivity index (χ0) is 17.8. The van der Waals surface area contributed by atoms with Gasteiger partial charge in [0.15, 0.2) is 0 Å². The highest BCUT2D eigenvalue weighted by atomic mass is 35.5. The second kappa shape index (κ2) is 8.22. The van der Waals surface area contributed by atoms with Crippen LogP contribution in [-0.2, 0) is 6.54 Å². The van der Waals surface area contributed by atoms with Gasteiger partial charge in [0.2, 0.25) is 0 Å². The fraction of sp³-hybridized carbons (Fsp3) is 0.350. The molecule has 0 radical (unpaired) electrons. The highest BCUT2D eigenvalue weighted by molar-refractivity contribution is 6.35. The maximum atomic E-state index is 12.4. The van der Waals surface area contributed by atoms with Crippen LogP contribution in [0.4, 0.5) is 0 Å². The van der Waals surface area contributed by atoms with E-state index in [1.54, 1.807) is 18.2 Å². The Hall–Kier alpha value is -1.55. The van der Waals surface area contributed by atoms with Crippen molar-refractivity contribution in [2.45, 2.75) is 32.4 Å². The first kappa shape index (κ1) is 18.2. The second-order valence-corrected chi connectivity index (χ2v) is 7.48. The van der Waals surface area contributed by atoms with E-state index >= 15 is 0 Å². The Morgan fingerprint density at radius 2 is 1.76 bits per heavy atom. The summed E-state index contributed by atoms with van der Waals surface area (Å²) in [7, 11) is 0. The molecule has 132 valence electrons. The summed E-state index contributed by atoms with van der Waals surface area (Å²) in [5.74, 6) is -0.109. The molecule has 1 aliphatic rings. The molecular formula is C20H22Cl2N2O. The SMILES string of the molecule is Cc1ccccc1CN1CCC(NC(=O)c2cc(Cl)cc(Cl)c2)CC1. The summed E-state index contributed by atoms with van der Waals surface area (Å²) >= 11 is 11.9. The smallest absolute Gasteiger partial charge is 0.251 e. The van der Waals surface area contributed by atoms with Crippen LogP contribution in [0.15, 0.2) is 42.5 Å². The van der Waals surface area contributed by atoms with E-state index in [0.717, 1.165) is 32.5 Å². The number of nitrogens with one attached hydrogen (secondary N) is 1. The third-order valence-corrected chi connectivity index (χ3v) is 5.14. The van der Waals surface area contributed by atoms with Gasteiger partial charge < -0.3 is 5.32 Å². The van der Waals surface area contributed by atoms with Crippen LogP contribution in [0.5, 0.6) is 0 Å². The topological polar surface area (TPSA) is 32.3 Å². The Labute approximate surface area is 158 Å². The standard InChI is InChI=1S/C20H22Cl2N2O/c1-14-4-2-3-5-15(14)13-24-8-6-19(7-9-24)23-20(25)16-10-17(21)12-18(22)11-16/h2-5,10-12,19H,6-9,13H2,1H3,(H,23,25). The molecule has 1 N–H and O–H groups in total. The van der Waals surface area contributed by atoms with E-state index in [0.29, 0.717) is 15.6 Å². The molecule has 1 saturated heterocycles. The Bertz CT molecular complexity index is 735. The zero-order valence-corrected chi connectivity index (χ0v) is 15.8. The van der Waals surface area contributed by atoms with Crippen LogP contribution >= 0.6 is 23.2 Å². The average molecular weight is 377 g/mol. The molecule has 2 aromatic carbocycles. The van der Waals surface area contributed by atoms with E-state index in [-0.39, 0.29) is 11.9 Å². The van der Waals surface area contributed by atoms with Crippen LogP contribution in [0.3, 0.4) is 0 Å². The quantitative estimate of drug-likeness (QED) is 0.838. The van der Waals surface area contributed by atoms with Crippen molar-refractivity contribution in [2.75, 3.05) is 13.1 Å². The summed E-state index contributed by atoms with van der Waals surface area (Å²) in [6.07, 6.45) is 1.90. The molecule has 1 fully saturated rings. The number of carbonyl (C=O) groups is 1. The van der Waals surface area contributed by atoms with Crippen molar-refractivity contribution in [3.8, 4) is 0 Å². The van der Waals surface area contributed by atoms with Crippen molar-refractivity contribution in [1.29, 1.82) is 0 Å². The lowest BCUT2D eigenvalue weighted by atomic mass is 10.0. The van der Waals surface area contributed by atoms with Gasteiger partial charge in [-0.3, -0.25) is 9.69 Å². The number of carbonyl (C=O) groups excluding carboxylic acids is 1. The monoisotopic (exact) mass is 376 g/mol. The molecule has 0 aliphatic carbocycles. The van der Waals surface area contributed by atoms with E-state index in [1.807, 2.05) is 0 Å². The first-order chi connectivity index (χ1) is 12.0. The Balaban J connectivity index is 1.52. The Kier molecular flexibility index (Phi) is 6.00. The molecule has 3 rings (SSSR count). The maximum Gasteiger partial charge on any atom is 0.251 e. The van der Waals surface area contributed by atoms with Crippen LogP contribution in [0.1, 0.15) is 34.3 Å². The third kappa shape index (κ3) is 4.97. The fourth-order valence-corrected chi connectivity index (χ4v) is 3.74. The first-order valence-electron chi connectivity index (χ1n) is 8.55. The molecule has 25 heavy (non-hydrogen) atoms. The van der Waals surface area contributed by atoms with Gasteiger partial charge in [0.25, 0.3) is 5.91 Å². The zero-order valence-electron chi connectivity index (χ0n) is 14.3. The average Bonchev–Trinajstić information content (AvgIpc) is 2.58. The highest BCUT2D eigenvalue weighted by Gasteiger charge is 2.21. The summed E-state index contributed by atoms with van der Waals surface area (Å²) in [4.78, 5) is 14.8. The van der Waals surface area contributed by atoms with E-state index in [4.69, 9.17) is 23.2 Å². The van der Waals surface area contributed by atoms with Crippen molar-refractivity contribution >= 4 is 29.1 Å². The summed E-state index contributed by atoms with van der Waals surface area (Å²) in [6, 6.07) is 13.6. The minimum absolute atomic E-state index is 0.109. The molecule has 2 aromatic rings. The number of hydrogen-bond acceptors (Lipinski definition) is 2. The predicted molar refractivity (Wildman–Crippen MR) is 103 cm³/mol. The Morgan fingerprint density at radius 1 is 1.12 bits per heavy atom. The number of hydrogen-bond donors (Lipinski definition) is 1. The van der Waals surface area contributed by atoms with Gasteiger partial charge in [-0.2, -0.15) is 0 Å². The first-order valence-corrected chi connectivity index (χ1v) is 9.30. The number of piperidine rings is 1. The lowest BCUT2D eigenvalue weighted by Crippen LogP contribution is -2.44. The molecule has 0 aromatic heterocycles. The van der Waals surface area contributed by atoms with Crippen molar-refractivity contribution < 1.29 is 4.79 Å². The fourth-order valence-electron chi connectivity index (χ4n) is 3.22. The van der Waals surface area contributed by atoms with Gasteiger partial charge >= 0.3 is 0 Å². The van der Waals surface area contributed by atoms with Crippen LogP contribution in [-0.4, -0.2) is 29.9 Å². The van der Waals surface area contributed by atoms with Gasteiger partial charge in [0, 0.05) is 41.3 Å². The van der Waals surface area contributed by atoms with Gasteiger partial charge in [-0.25, -0.2) is 0 Å². The van der Waals surface area contributed by atoms with Crippen LogP contribution in [0, 0.1) is 6.92 Å². The minimum Gasteiger partial charge on any atom is -0.349 e. The van der Waals surface area contributed by atoms with Gasteiger partial charge in [0.05, 0.1) is 0 Å². The van der Waals surface area contributed by atoms with Crippen molar-refractivity contribution in [3.05, 3.63) is 69.2 Å². The van der Waals surface area contributed by atoms with Crippen molar-refractivity contribution in [3.63, 3.8) is 0 Å². The predicted octanol–water partition coefficient (Wildman–Crippen LogP) is 4.70. The lowest BCUT2D eigenvalue weighted by molar-refractivity contribution is 0.0909. The number of amides is 1. The molecule has 1 heterocycles. The van der Waals surface area contributed by atoms with E-state index in [2.05, 4.69) is 41.4 Å².